The first-order chi connectivity index (χ1) is 1.00. The molecule has 0 aromatic heterocycles. The molecule has 0 rings (SSSR count). The second kappa shape index (κ2) is 31.7. The van der Waals surface area contributed by atoms with Crippen molar-refractivity contribution < 1.29 is 18.9 Å². The molecule has 0 nitrogen and oxygen atoms in total. The Morgan fingerprint density at radius 2 is 1.25 bits per heavy atom. The summed E-state index contributed by atoms with van der Waals surface area (Å²) in [7, 11) is 0. The van der Waals surface area contributed by atoms with E-state index in [-0.39, 0.29) is 36.2 Å². The van der Waals surface area contributed by atoms with Gasteiger partial charge in [0, 0.05) is 0 Å². The molecule has 0 aliphatic heterocycles. The van der Waals surface area contributed by atoms with Crippen molar-refractivity contribution in [2.45, 2.75) is 6.92 Å². The molecule has 4 heavy (non-hydrogen) atoms. The van der Waals surface area contributed by atoms with Crippen LogP contribution in [0.1, 0.15) is 6.92 Å². The van der Waals surface area contributed by atoms with E-state index in [1.165, 1.54) is 0 Å². The van der Waals surface area contributed by atoms with E-state index in [2.05, 4.69) is 6.92 Å². The van der Waals surface area contributed by atoms with Gasteiger partial charge in [0.2, 0.25) is 0 Å². The van der Waals surface area contributed by atoms with Gasteiger partial charge in [0.1, 0.15) is 0 Å². The standard InChI is InChI=1S/C2H5.Al.Li.3H/c1-2;;;;;/h1H2,2H3;;;;;/q-1;;+1;;;. The summed E-state index contributed by atoms with van der Waals surface area (Å²) in [5.41, 5.74) is 0. The zero-order valence-corrected chi connectivity index (χ0v) is 2.71. The minimum absolute atomic E-state index is 0. The van der Waals surface area contributed by atoms with Crippen molar-refractivity contribution in [1.29, 1.82) is 0 Å². The van der Waals surface area contributed by atoms with Gasteiger partial charge in [0.15, 0.2) is 17.4 Å². The molecule has 0 aromatic carbocycles. The Morgan fingerprint density at radius 1 is 1.25 bits per heavy atom. The van der Waals surface area contributed by atoms with Crippen LogP contribution < -0.4 is 18.9 Å². The minimum atomic E-state index is 0. The zero-order chi connectivity index (χ0) is 2.00. The molecule has 0 aliphatic rings. The monoisotopic (exact) mass is 66.1 g/mol. The third-order valence-corrected chi connectivity index (χ3v) is 0. The summed E-state index contributed by atoms with van der Waals surface area (Å²) in [6.07, 6.45) is 0. The Morgan fingerprint density at radius 3 is 1.25 bits per heavy atom. The fourth-order valence-corrected chi connectivity index (χ4v) is 0. The molecule has 0 saturated heterocycles. The van der Waals surface area contributed by atoms with Crippen LogP contribution in [0.2, 0.25) is 0 Å². The van der Waals surface area contributed by atoms with E-state index in [4.69, 9.17) is 0 Å². The SMILES string of the molecule is [AlH3].[CH2-]C.[Li+]. The van der Waals surface area contributed by atoms with Crippen LogP contribution in [0.3, 0.4) is 0 Å². The molecule has 2 heteroatoms. The van der Waals surface area contributed by atoms with Gasteiger partial charge < -0.3 is 6.92 Å². The smallest absolute Gasteiger partial charge is 0.346 e. The van der Waals surface area contributed by atoms with Crippen LogP contribution in [0, 0.1) is 6.92 Å². The molecule has 0 atom stereocenters. The van der Waals surface area contributed by atoms with E-state index in [0.717, 1.165) is 0 Å². The van der Waals surface area contributed by atoms with Crippen LogP contribution in [0.4, 0.5) is 0 Å². The fraction of sp³-hybridized carbons (Fsp3) is 0.500. The van der Waals surface area contributed by atoms with Gasteiger partial charge in [-0.25, -0.2) is 0 Å². The van der Waals surface area contributed by atoms with Crippen LogP contribution in [0.15, 0.2) is 0 Å². The molecule has 0 N–H and O–H groups in total. The summed E-state index contributed by atoms with van der Waals surface area (Å²) < 4.78 is 0. The van der Waals surface area contributed by atoms with Gasteiger partial charge in [0.25, 0.3) is 0 Å². The minimum Gasteiger partial charge on any atom is -0.346 e. The van der Waals surface area contributed by atoms with Gasteiger partial charge in [-0.3, -0.25) is 0 Å². The van der Waals surface area contributed by atoms with Gasteiger partial charge in [-0.15, -0.1) is 0 Å². The van der Waals surface area contributed by atoms with Crippen LogP contribution in [0.5, 0.6) is 0 Å². The molecule has 0 bridgehead atoms. The molecule has 0 saturated carbocycles. The first kappa shape index (κ1) is 19.3. The summed E-state index contributed by atoms with van der Waals surface area (Å²) in [5, 5.41) is 0. The maximum Gasteiger partial charge on any atom is 1.00 e. The molecule has 20 valence electrons. The summed E-state index contributed by atoms with van der Waals surface area (Å²) >= 11 is 0. The zero-order valence-electron chi connectivity index (χ0n) is 2.71. The van der Waals surface area contributed by atoms with E-state index >= 15 is 0 Å². The molecular formula is C2H8AlLi. The molecule has 0 amide bonds. The Labute approximate surface area is 50.3 Å². The average Bonchev–Trinajstić information content (AvgIpc) is 1.00. The topological polar surface area (TPSA) is 0 Å². The summed E-state index contributed by atoms with van der Waals surface area (Å²) in [5.74, 6) is 0. The van der Waals surface area contributed by atoms with Crippen molar-refractivity contribution >= 4 is 17.4 Å². The predicted octanol–water partition coefficient (Wildman–Crippen LogP) is -3.34. The summed E-state index contributed by atoms with van der Waals surface area (Å²) in [4.78, 5) is 0. The molecular weight excluding hydrogens is 57.9 g/mol. The van der Waals surface area contributed by atoms with Crippen molar-refractivity contribution in [3.63, 3.8) is 0 Å². The Balaban J connectivity index is -0.00000000500. The van der Waals surface area contributed by atoms with E-state index in [9.17, 15) is 0 Å². The van der Waals surface area contributed by atoms with E-state index in [1.54, 1.807) is 6.92 Å². The van der Waals surface area contributed by atoms with Crippen molar-refractivity contribution in [2.24, 2.45) is 0 Å². The average molecular weight is 66.0 g/mol. The van der Waals surface area contributed by atoms with Crippen LogP contribution in [0.25, 0.3) is 0 Å². The molecule has 0 aromatic rings. The molecule has 0 fully saturated rings. The second-order valence-electron chi connectivity index (χ2n) is 0. The first-order valence-electron chi connectivity index (χ1n) is 0.707. The van der Waals surface area contributed by atoms with Crippen molar-refractivity contribution in [3.05, 3.63) is 6.92 Å². The van der Waals surface area contributed by atoms with Gasteiger partial charge >= 0.3 is 18.9 Å². The summed E-state index contributed by atoms with van der Waals surface area (Å²) in [6, 6.07) is 0. The Bertz CT molecular complexity index is 6.00. The van der Waals surface area contributed by atoms with Gasteiger partial charge in [-0.2, -0.15) is 6.92 Å². The molecule has 0 aliphatic carbocycles. The Hall–Kier alpha value is 1.13. The number of rotatable bonds is 0. The first-order valence-corrected chi connectivity index (χ1v) is 0.707. The third kappa shape index (κ3) is 11.1. The molecule has 0 radical (unpaired) electrons. The maximum absolute atomic E-state index is 3.25. The molecule has 0 spiro atoms. The Kier molecular flexibility index (Phi) is 153. The van der Waals surface area contributed by atoms with Crippen LogP contribution in [-0.2, 0) is 0 Å². The third-order valence-electron chi connectivity index (χ3n) is 0. The second-order valence-corrected chi connectivity index (χ2v) is 0. The van der Waals surface area contributed by atoms with Crippen molar-refractivity contribution in [3.8, 4) is 0 Å². The molecule has 0 heterocycles. The number of hydrogen-bond donors (Lipinski definition) is 0. The van der Waals surface area contributed by atoms with Crippen LogP contribution in [-0.4, -0.2) is 17.4 Å². The van der Waals surface area contributed by atoms with Gasteiger partial charge in [0.05, 0.1) is 0 Å². The van der Waals surface area contributed by atoms with E-state index in [0.29, 0.717) is 0 Å². The number of hydrogen-bond acceptors (Lipinski definition) is 0. The van der Waals surface area contributed by atoms with Gasteiger partial charge in [-0.1, -0.05) is 0 Å². The van der Waals surface area contributed by atoms with Gasteiger partial charge in [-0.05, 0) is 0 Å². The fourth-order valence-electron chi connectivity index (χ4n) is 0. The largest absolute Gasteiger partial charge is 1.00 e. The summed E-state index contributed by atoms with van der Waals surface area (Å²) in [6.45, 7) is 5.00. The van der Waals surface area contributed by atoms with Crippen LogP contribution >= 0.6 is 0 Å². The quantitative estimate of drug-likeness (QED) is 0.205. The van der Waals surface area contributed by atoms with Crippen molar-refractivity contribution in [2.75, 3.05) is 0 Å². The van der Waals surface area contributed by atoms with E-state index < -0.39 is 0 Å². The predicted molar refractivity (Wildman–Crippen MR) is 21.0 cm³/mol. The van der Waals surface area contributed by atoms with Crippen molar-refractivity contribution in [1.82, 2.24) is 0 Å². The molecule has 0 unspecified atom stereocenters. The maximum atomic E-state index is 3.25. The van der Waals surface area contributed by atoms with E-state index in [1.807, 2.05) is 0 Å². The normalized spacial score (nSPS) is 1.50.